The zero-order valence-corrected chi connectivity index (χ0v) is 16.4. The van der Waals surface area contributed by atoms with Crippen LogP contribution in [0.5, 0.6) is 0 Å². The minimum atomic E-state index is -0.0826. The molecule has 6 heteroatoms. The Kier molecular flexibility index (Phi) is 8.81. The monoisotopic (exact) mass is 421 g/mol. The Labute approximate surface area is 164 Å². The van der Waals surface area contributed by atoms with E-state index < -0.39 is 0 Å². The molecule has 0 aromatic heterocycles. The average Bonchev–Trinajstić information content (AvgIpc) is 2.62. The third kappa shape index (κ3) is 5.85. The number of hydrogen-bond donors (Lipinski definition) is 2. The van der Waals surface area contributed by atoms with Gasteiger partial charge in [-0.15, -0.1) is 0 Å². The second-order valence-electron chi connectivity index (χ2n) is 6.37. The number of aliphatic hydroxyl groups is 2. The summed E-state index contributed by atoms with van der Waals surface area (Å²) in [5, 5.41) is 18.3. The Morgan fingerprint density at radius 3 is 1.77 bits per heavy atom. The number of aliphatic hydroxyl groups excluding tert-OH is 2. The standard InChI is InChI=1S/C20H24NO4.BrH/c1-21(11-13-22,12-14-23)15-19(24)16-7-9-18(10-8-16)20(25)17-5-3-2-4-6-17;/h2-10,22-23H,11-15H2,1H3;1H/q+1;/p-1. The Balaban J connectivity index is 0.00000338. The minimum Gasteiger partial charge on any atom is -1.00 e. The number of carbonyl (C=O) groups excluding carboxylic acids is 2. The minimum absolute atomic E-state index is 0. The molecule has 2 aromatic rings. The molecule has 0 spiro atoms. The third-order valence-electron chi connectivity index (χ3n) is 4.31. The number of benzene rings is 2. The van der Waals surface area contributed by atoms with Crippen molar-refractivity contribution in [2.75, 3.05) is 39.9 Å². The fourth-order valence-electron chi connectivity index (χ4n) is 2.75. The Morgan fingerprint density at radius 2 is 1.27 bits per heavy atom. The van der Waals surface area contributed by atoms with Crippen LogP contribution >= 0.6 is 0 Å². The van der Waals surface area contributed by atoms with Crippen LogP contribution in [-0.4, -0.2) is 66.2 Å². The van der Waals surface area contributed by atoms with Crippen LogP contribution in [0.4, 0.5) is 0 Å². The number of halogens is 1. The third-order valence-corrected chi connectivity index (χ3v) is 4.31. The van der Waals surface area contributed by atoms with E-state index in [9.17, 15) is 19.8 Å². The smallest absolute Gasteiger partial charge is 0.216 e. The highest BCUT2D eigenvalue weighted by atomic mass is 79.9. The summed E-state index contributed by atoms with van der Waals surface area (Å²) in [6, 6.07) is 15.6. The number of ketones is 2. The van der Waals surface area contributed by atoms with Crippen LogP contribution < -0.4 is 17.0 Å². The van der Waals surface area contributed by atoms with Crippen LogP contribution in [0, 0.1) is 0 Å². The Bertz CT molecular complexity index is 710. The van der Waals surface area contributed by atoms with Crippen LogP contribution in [0.3, 0.4) is 0 Å². The van der Waals surface area contributed by atoms with Gasteiger partial charge in [-0.1, -0.05) is 54.6 Å². The van der Waals surface area contributed by atoms with Gasteiger partial charge in [-0.05, 0) is 0 Å². The van der Waals surface area contributed by atoms with E-state index in [4.69, 9.17) is 0 Å². The summed E-state index contributed by atoms with van der Waals surface area (Å²) in [5.41, 5.74) is 1.66. The highest BCUT2D eigenvalue weighted by Crippen LogP contribution is 2.13. The first kappa shape index (κ1) is 22.2. The molecule has 0 radical (unpaired) electrons. The molecule has 0 aliphatic carbocycles. The first-order valence-corrected chi connectivity index (χ1v) is 8.27. The molecule has 26 heavy (non-hydrogen) atoms. The van der Waals surface area contributed by atoms with E-state index in [0.29, 0.717) is 29.8 Å². The number of quaternary nitrogens is 1. The van der Waals surface area contributed by atoms with E-state index in [1.807, 2.05) is 25.2 Å². The number of Topliss-reactive ketones (excluding diaryl/α,β-unsaturated/α-hetero) is 1. The van der Waals surface area contributed by atoms with Crippen molar-refractivity contribution in [3.05, 3.63) is 71.3 Å². The molecular formula is C20H24BrNO4. The normalized spacial score (nSPS) is 10.9. The summed E-state index contributed by atoms with van der Waals surface area (Å²) in [4.78, 5) is 24.9. The van der Waals surface area contributed by atoms with Crippen LogP contribution in [-0.2, 0) is 0 Å². The quantitative estimate of drug-likeness (QED) is 0.383. The fraction of sp³-hybridized carbons (Fsp3) is 0.300. The van der Waals surface area contributed by atoms with Crippen LogP contribution in [0.15, 0.2) is 54.6 Å². The topological polar surface area (TPSA) is 74.6 Å². The maximum absolute atomic E-state index is 12.5. The van der Waals surface area contributed by atoms with E-state index in [-0.39, 0.29) is 52.8 Å². The number of nitrogens with zero attached hydrogens (tertiary/aromatic N) is 1. The highest BCUT2D eigenvalue weighted by Gasteiger charge is 2.25. The average molecular weight is 422 g/mol. The molecule has 0 saturated heterocycles. The van der Waals surface area contributed by atoms with Gasteiger partial charge in [-0.25, -0.2) is 0 Å². The number of carbonyl (C=O) groups is 2. The Morgan fingerprint density at radius 1 is 0.808 bits per heavy atom. The van der Waals surface area contributed by atoms with Gasteiger partial charge in [0.15, 0.2) is 5.78 Å². The van der Waals surface area contributed by atoms with E-state index in [1.165, 1.54) is 0 Å². The van der Waals surface area contributed by atoms with Gasteiger partial charge >= 0.3 is 0 Å². The van der Waals surface area contributed by atoms with Crippen molar-refractivity contribution < 1.29 is 41.3 Å². The lowest BCUT2D eigenvalue weighted by Crippen LogP contribution is -3.00. The van der Waals surface area contributed by atoms with Crippen LogP contribution in [0.2, 0.25) is 0 Å². The second-order valence-corrected chi connectivity index (χ2v) is 6.37. The van der Waals surface area contributed by atoms with Crippen molar-refractivity contribution in [2.24, 2.45) is 0 Å². The van der Waals surface area contributed by atoms with Crippen molar-refractivity contribution in [2.45, 2.75) is 0 Å². The predicted octanol–water partition coefficient (Wildman–Crippen LogP) is -1.46. The lowest BCUT2D eigenvalue weighted by Gasteiger charge is -2.32. The molecule has 0 unspecified atom stereocenters. The van der Waals surface area contributed by atoms with Gasteiger partial charge in [0, 0.05) is 16.7 Å². The summed E-state index contributed by atoms with van der Waals surface area (Å²) in [7, 11) is 1.83. The maximum Gasteiger partial charge on any atom is 0.216 e. The Hall–Kier alpha value is -1.86. The molecule has 0 atom stereocenters. The lowest BCUT2D eigenvalue weighted by atomic mass is 10.0. The van der Waals surface area contributed by atoms with Gasteiger partial charge in [0.2, 0.25) is 5.78 Å². The van der Waals surface area contributed by atoms with E-state index in [1.54, 1.807) is 36.4 Å². The van der Waals surface area contributed by atoms with Crippen LogP contribution in [0.1, 0.15) is 26.3 Å². The molecule has 0 saturated carbocycles. The molecule has 5 nitrogen and oxygen atoms in total. The highest BCUT2D eigenvalue weighted by molar-refractivity contribution is 6.09. The summed E-state index contributed by atoms with van der Waals surface area (Å²) in [5.74, 6) is -0.163. The zero-order valence-electron chi connectivity index (χ0n) is 14.8. The lowest BCUT2D eigenvalue weighted by molar-refractivity contribution is -0.902. The fourth-order valence-corrected chi connectivity index (χ4v) is 2.75. The van der Waals surface area contributed by atoms with Crippen molar-refractivity contribution in [3.63, 3.8) is 0 Å². The largest absolute Gasteiger partial charge is 1.00 e. The molecule has 0 aliphatic rings. The van der Waals surface area contributed by atoms with Crippen molar-refractivity contribution in [1.82, 2.24) is 0 Å². The molecule has 140 valence electrons. The summed E-state index contributed by atoms with van der Waals surface area (Å²) in [6.45, 7) is 0.892. The van der Waals surface area contributed by atoms with Gasteiger partial charge in [0.1, 0.15) is 19.6 Å². The predicted molar refractivity (Wildman–Crippen MR) is 95.6 cm³/mol. The first-order chi connectivity index (χ1) is 12.0. The van der Waals surface area contributed by atoms with E-state index in [2.05, 4.69) is 0 Å². The SMILES string of the molecule is C[N+](CCO)(CCO)CC(=O)c1ccc(C(=O)c2ccccc2)cc1.[Br-]. The molecule has 2 N–H and O–H groups in total. The molecule has 0 aliphatic heterocycles. The molecule has 2 rings (SSSR count). The summed E-state index contributed by atoms with van der Waals surface area (Å²) in [6.07, 6.45) is 0. The number of rotatable bonds is 9. The van der Waals surface area contributed by atoms with Gasteiger partial charge in [-0.3, -0.25) is 9.59 Å². The second kappa shape index (κ2) is 10.3. The summed E-state index contributed by atoms with van der Waals surface area (Å²) >= 11 is 0. The van der Waals surface area contributed by atoms with Crippen LogP contribution in [0.25, 0.3) is 0 Å². The number of hydrogen-bond acceptors (Lipinski definition) is 4. The molecule has 2 aromatic carbocycles. The van der Waals surface area contributed by atoms with E-state index in [0.717, 1.165) is 0 Å². The molecule has 0 heterocycles. The van der Waals surface area contributed by atoms with Gasteiger partial charge in [0.05, 0.1) is 20.3 Å². The molecule has 0 bridgehead atoms. The van der Waals surface area contributed by atoms with Crippen molar-refractivity contribution in [1.29, 1.82) is 0 Å². The van der Waals surface area contributed by atoms with Crippen molar-refractivity contribution >= 4 is 11.6 Å². The molecule has 0 fully saturated rings. The number of likely N-dealkylation sites (N-methyl/N-ethyl adjacent to an activating group) is 1. The van der Waals surface area contributed by atoms with Gasteiger partial charge in [0.25, 0.3) is 0 Å². The van der Waals surface area contributed by atoms with Crippen molar-refractivity contribution in [3.8, 4) is 0 Å². The van der Waals surface area contributed by atoms with E-state index >= 15 is 0 Å². The molecular weight excluding hydrogens is 398 g/mol. The maximum atomic E-state index is 12.5. The summed E-state index contributed by atoms with van der Waals surface area (Å²) < 4.78 is 0.274. The first-order valence-electron chi connectivity index (χ1n) is 8.27. The van der Waals surface area contributed by atoms with Gasteiger partial charge < -0.3 is 31.7 Å². The van der Waals surface area contributed by atoms with Gasteiger partial charge in [-0.2, -0.15) is 0 Å². The molecule has 0 amide bonds. The zero-order chi connectivity index (χ0) is 18.3.